The molecule has 1 radical (unpaired) electrons. The Morgan fingerprint density at radius 1 is 1.36 bits per heavy atom. The highest BCUT2D eigenvalue weighted by Crippen LogP contribution is 2.04. The molecule has 0 atom stereocenters. The first-order chi connectivity index (χ1) is 5.22. The summed E-state index contributed by atoms with van der Waals surface area (Å²) in [5, 5.41) is 10.6. The standard InChI is InChI=1S/C7H4F2NO/c8-6-1-5(4-10-11)2-7(9)3-6/h1-2,4,11H. The van der Waals surface area contributed by atoms with E-state index in [0.717, 1.165) is 18.3 Å². The maximum Gasteiger partial charge on any atom is 0.134 e. The van der Waals surface area contributed by atoms with Crippen molar-refractivity contribution < 1.29 is 14.0 Å². The average molecular weight is 156 g/mol. The molecule has 4 heteroatoms. The van der Waals surface area contributed by atoms with Gasteiger partial charge >= 0.3 is 0 Å². The molecule has 0 spiro atoms. The zero-order chi connectivity index (χ0) is 8.27. The quantitative estimate of drug-likeness (QED) is 0.373. The Morgan fingerprint density at radius 2 is 1.91 bits per heavy atom. The highest BCUT2D eigenvalue weighted by Gasteiger charge is 1.97. The van der Waals surface area contributed by atoms with Crippen molar-refractivity contribution in [2.45, 2.75) is 0 Å². The van der Waals surface area contributed by atoms with Crippen LogP contribution in [-0.4, -0.2) is 11.4 Å². The molecule has 0 amide bonds. The molecule has 0 fully saturated rings. The van der Waals surface area contributed by atoms with E-state index < -0.39 is 11.6 Å². The monoisotopic (exact) mass is 156 g/mol. The minimum Gasteiger partial charge on any atom is -0.411 e. The fourth-order valence-corrected chi connectivity index (χ4v) is 0.662. The molecule has 1 rings (SSSR count). The minimum atomic E-state index is -0.820. The van der Waals surface area contributed by atoms with Gasteiger partial charge in [-0.3, -0.25) is 0 Å². The van der Waals surface area contributed by atoms with Crippen LogP contribution in [0.3, 0.4) is 0 Å². The molecule has 1 N–H and O–H groups in total. The molecule has 0 unspecified atom stereocenters. The summed E-state index contributed by atoms with van der Waals surface area (Å²) in [4.78, 5) is 0. The molecule has 0 bridgehead atoms. The van der Waals surface area contributed by atoms with Gasteiger partial charge in [0, 0.05) is 5.56 Å². The fourth-order valence-electron chi connectivity index (χ4n) is 0.662. The number of nitrogens with zero attached hydrogens (tertiary/aromatic N) is 1. The Hall–Kier alpha value is -1.45. The highest BCUT2D eigenvalue weighted by molar-refractivity contribution is 5.78. The van der Waals surface area contributed by atoms with Gasteiger partial charge in [0.15, 0.2) is 0 Å². The van der Waals surface area contributed by atoms with Crippen LogP contribution in [-0.2, 0) is 0 Å². The lowest BCUT2D eigenvalue weighted by atomic mass is 10.2. The van der Waals surface area contributed by atoms with Crippen molar-refractivity contribution in [3.63, 3.8) is 0 Å². The zero-order valence-corrected chi connectivity index (χ0v) is 5.38. The van der Waals surface area contributed by atoms with Crippen molar-refractivity contribution in [2.75, 3.05) is 0 Å². The van der Waals surface area contributed by atoms with Gasteiger partial charge in [-0.2, -0.15) is 0 Å². The molecular formula is C7H4F2NO. The van der Waals surface area contributed by atoms with E-state index in [4.69, 9.17) is 5.21 Å². The van der Waals surface area contributed by atoms with E-state index in [-0.39, 0.29) is 5.56 Å². The van der Waals surface area contributed by atoms with Gasteiger partial charge in [0.25, 0.3) is 0 Å². The highest BCUT2D eigenvalue weighted by atomic mass is 19.1. The number of benzene rings is 1. The van der Waals surface area contributed by atoms with E-state index in [2.05, 4.69) is 5.16 Å². The lowest BCUT2D eigenvalue weighted by Crippen LogP contribution is -1.86. The second-order valence-electron chi connectivity index (χ2n) is 1.85. The Labute approximate surface area is 61.8 Å². The molecule has 1 aromatic rings. The van der Waals surface area contributed by atoms with Crippen LogP contribution in [0, 0.1) is 17.7 Å². The van der Waals surface area contributed by atoms with E-state index in [9.17, 15) is 8.78 Å². The maximum absolute atomic E-state index is 12.3. The molecule has 2 nitrogen and oxygen atoms in total. The molecule has 1 aromatic carbocycles. The normalized spacial score (nSPS) is 10.7. The number of oxime groups is 1. The molecule has 0 aromatic heterocycles. The van der Waals surface area contributed by atoms with Crippen molar-refractivity contribution in [2.24, 2.45) is 5.16 Å². The summed E-state index contributed by atoms with van der Waals surface area (Å²) in [5.74, 6) is -1.64. The molecule has 0 heterocycles. The number of halogens is 2. The lowest BCUT2D eigenvalue weighted by molar-refractivity contribution is 0.322. The number of hydrogen-bond donors (Lipinski definition) is 1. The van der Waals surface area contributed by atoms with E-state index in [1.165, 1.54) is 0 Å². The first-order valence-electron chi connectivity index (χ1n) is 2.78. The Bertz CT molecular complexity index is 266. The summed E-state index contributed by atoms with van der Waals surface area (Å²) in [6, 6.07) is 3.80. The predicted octanol–water partition coefficient (Wildman–Crippen LogP) is 1.57. The van der Waals surface area contributed by atoms with Crippen LogP contribution in [0.1, 0.15) is 5.56 Å². The molecule has 0 saturated heterocycles. The molecule has 0 aliphatic rings. The second kappa shape index (κ2) is 3.09. The Morgan fingerprint density at radius 3 is 2.36 bits per heavy atom. The Kier molecular flexibility index (Phi) is 2.15. The van der Waals surface area contributed by atoms with E-state index >= 15 is 0 Å². The van der Waals surface area contributed by atoms with Crippen LogP contribution in [0.5, 0.6) is 0 Å². The zero-order valence-electron chi connectivity index (χ0n) is 5.38. The van der Waals surface area contributed by atoms with Crippen LogP contribution in [0.25, 0.3) is 0 Å². The Balaban J connectivity index is 3.08. The minimum absolute atomic E-state index is 0.154. The van der Waals surface area contributed by atoms with Gasteiger partial charge in [0.1, 0.15) is 11.6 Å². The van der Waals surface area contributed by atoms with Crippen molar-refractivity contribution in [1.82, 2.24) is 0 Å². The first-order valence-corrected chi connectivity index (χ1v) is 2.78. The first kappa shape index (κ1) is 7.65. The number of rotatable bonds is 1. The van der Waals surface area contributed by atoms with Gasteiger partial charge in [-0.05, 0) is 12.1 Å². The molecule has 57 valence electrons. The largest absolute Gasteiger partial charge is 0.411 e. The van der Waals surface area contributed by atoms with Gasteiger partial charge < -0.3 is 5.21 Å². The van der Waals surface area contributed by atoms with E-state index in [1.54, 1.807) is 6.07 Å². The average Bonchev–Trinajstić information content (AvgIpc) is 1.85. The summed E-state index contributed by atoms with van der Waals surface area (Å²) in [5.41, 5.74) is 0.154. The summed E-state index contributed by atoms with van der Waals surface area (Å²) in [7, 11) is 0. The van der Waals surface area contributed by atoms with Gasteiger partial charge in [-0.1, -0.05) is 5.16 Å². The van der Waals surface area contributed by atoms with Crippen molar-refractivity contribution >= 4 is 6.21 Å². The van der Waals surface area contributed by atoms with Crippen molar-refractivity contribution in [3.8, 4) is 0 Å². The van der Waals surface area contributed by atoms with Crippen LogP contribution in [0.2, 0.25) is 0 Å². The third-order valence-electron chi connectivity index (χ3n) is 1.03. The van der Waals surface area contributed by atoms with Crippen molar-refractivity contribution in [3.05, 3.63) is 35.4 Å². The van der Waals surface area contributed by atoms with Crippen LogP contribution in [0.15, 0.2) is 17.3 Å². The van der Waals surface area contributed by atoms with Crippen LogP contribution >= 0.6 is 0 Å². The van der Waals surface area contributed by atoms with Gasteiger partial charge in [0.2, 0.25) is 0 Å². The molecular weight excluding hydrogens is 152 g/mol. The third kappa shape index (κ3) is 2.00. The SMILES string of the molecule is ON=Cc1cc(F)[c]c(F)c1. The lowest BCUT2D eigenvalue weighted by Gasteiger charge is -1.91. The number of hydrogen-bond acceptors (Lipinski definition) is 2. The third-order valence-corrected chi connectivity index (χ3v) is 1.03. The van der Waals surface area contributed by atoms with Crippen LogP contribution < -0.4 is 0 Å². The van der Waals surface area contributed by atoms with Crippen LogP contribution in [0.4, 0.5) is 8.78 Å². The van der Waals surface area contributed by atoms with Gasteiger partial charge in [0.05, 0.1) is 12.3 Å². The topological polar surface area (TPSA) is 32.6 Å². The molecule has 0 aliphatic heterocycles. The molecule has 11 heavy (non-hydrogen) atoms. The van der Waals surface area contributed by atoms with Crippen molar-refractivity contribution in [1.29, 1.82) is 0 Å². The second-order valence-corrected chi connectivity index (χ2v) is 1.85. The van der Waals surface area contributed by atoms with E-state index in [1.807, 2.05) is 0 Å². The molecule has 0 aliphatic carbocycles. The van der Waals surface area contributed by atoms with Gasteiger partial charge in [-0.25, -0.2) is 8.78 Å². The van der Waals surface area contributed by atoms with Gasteiger partial charge in [-0.15, -0.1) is 0 Å². The maximum atomic E-state index is 12.3. The predicted molar refractivity (Wildman–Crippen MR) is 34.6 cm³/mol. The smallest absolute Gasteiger partial charge is 0.134 e. The summed E-state index contributed by atoms with van der Waals surface area (Å²) in [6.07, 6.45) is 0.931. The summed E-state index contributed by atoms with van der Waals surface area (Å²) >= 11 is 0. The summed E-state index contributed by atoms with van der Waals surface area (Å²) < 4.78 is 24.6. The summed E-state index contributed by atoms with van der Waals surface area (Å²) in [6.45, 7) is 0. The van der Waals surface area contributed by atoms with E-state index in [0.29, 0.717) is 0 Å². The fraction of sp³-hybridized carbons (Fsp3) is 0. The molecule has 0 saturated carbocycles.